The number of aliphatic imine (C=N–C) groups is 1. The molecule has 3 rings (SSSR count). The SMILES string of the molecule is COCC1=NC(c2ccc(F)cc2)(c2ccc(F)cc2)C(=O)N1. The van der Waals surface area contributed by atoms with Gasteiger partial charge in [-0.15, -0.1) is 0 Å². The third-order valence-electron chi connectivity index (χ3n) is 3.69. The standard InChI is InChI=1S/C17H14F2N2O2/c1-23-10-15-20-16(22)17(21-15,11-2-6-13(18)7-3-11)12-4-8-14(19)9-5-12/h2-9H,10H2,1H3,(H,20,21,22). The normalized spacial score (nSPS) is 16.1. The zero-order chi connectivity index (χ0) is 16.4. The van der Waals surface area contributed by atoms with Gasteiger partial charge in [0.1, 0.15) is 24.1 Å². The van der Waals surface area contributed by atoms with E-state index in [1.807, 2.05) is 0 Å². The largest absolute Gasteiger partial charge is 0.377 e. The van der Waals surface area contributed by atoms with E-state index in [-0.39, 0.29) is 12.5 Å². The van der Waals surface area contributed by atoms with Crippen LogP contribution in [0.1, 0.15) is 11.1 Å². The van der Waals surface area contributed by atoms with Gasteiger partial charge in [-0.2, -0.15) is 0 Å². The fourth-order valence-electron chi connectivity index (χ4n) is 2.65. The number of hydrogen-bond acceptors (Lipinski definition) is 3. The van der Waals surface area contributed by atoms with Gasteiger partial charge in [0.2, 0.25) is 0 Å². The monoisotopic (exact) mass is 316 g/mol. The molecule has 1 N–H and O–H groups in total. The first kappa shape index (κ1) is 15.3. The number of amidine groups is 1. The molecule has 0 atom stereocenters. The zero-order valence-electron chi connectivity index (χ0n) is 12.3. The molecule has 0 bridgehead atoms. The molecule has 0 unspecified atom stereocenters. The van der Waals surface area contributed by atoms with Crippen LogP contribution in [0, 0.1) is 11.6 Å². The summed E-state index contributed by atoms with van der Waals surface area (Å²) in [5.41, 5.74) is -0.391. The minimum Gasteiger partial charge on any atom is -0.377 e. The predicted octanol–water partition coefficient (Wildman–Crippen LogP) is 2.38. The van der Waals surface area contributed by atoms with Crippen LogP contribution in [0.3, 0.4) is 0 Å². The average Bonchev–Trinajstić information content (AvgIpc) is 2.86. The molecule has 0 aromatic heterocycles. The Labute approximate surface area is 131 Å². The highest BCUT2D eigenvalue weighted by atomic mass is 19.1. The summed E-state index contributed by atoms with van der Waals surface area (Å²) in [4.78, 5) is 17.2. The maximum Gasteiger partial charge on any atom is 0.262 e. The van der Waals surface area contributed by atoms with E-state index in [1.54, 1.807) is 0 Å². The fourth-order valence-corrected chi connectivity index (χ4v) is 2.65. The smallest absolute Gasteiger partial charge is 0.262 e. The van der Waals surface area contributed by atoms with Crippen LogP contribution in [-0.2, 0) is 15.1 Å². The quantitative estimate of drug-likeness (QED) is 0.941. The number of benzene rings is 2. The highest BCUT2D eigenvalue weighted by Gasteiger charge is 2.46. The summed E-state index contributed by atoms with van der Waals surface area (Å²) in [6.45, 7) is 0.135. The van der Waals surface area contributed by atoms with E-state index < -0.39 is 17.2 Å². The molecular weight excluding hydrogens is 302 g/mol. The van der Waals surface area contributed by atoms with E-state index in [0.717, 1.165) is 0 Å². The summed E-state index contributed by atoms with van der Waals surface area (Å²) < 4.78 is 31.5. The van der Waals surface area contributed by atoms with Gasteiger partial charge in [0.25, 0.3) is 5.91 Å². The molecule has 4 nitrogen and oxygen atoms in total. The first-order valence-electron chi connectivity index (χ1n) is 6.97. The Morgan fingerprint density at radius 1 is 1.00 bits per heavy atom. The Bertz CT molecular complexity index is 710. The first-order valence-corrected chi connectivity index (χ1v) is 6.97. The summed E-state index contributed by atoms with van der Waals surface area (Å²) in [5, 5.41) is 2.67. The molecule has 1 heterocycles. The van der Waals surface area contributed by atoms with Crippen molar-refractivity contribution in [2.45, 2.75) is 5.54 Å². The van der Waals surface area contributed by atoms with Crippen molar-refractivity contribution in [3.05, 3.63) is 71.3 Å². The van der Waals surface area contributed by atoms with Crippen molar-refractivity contribution in [3.63, 3.8) is 0 Å². The predicted molar refractivity (Wildman–Crippen MR) is 81.0 cm³/mol. The Hall–Kier alpha value is -2.60. The van der Waals surface area contributed by atoms with Crippen LogP contribution in [0.25, 0.3) is 0 Å². The molecule has 0 saturated heterocycles. The number of carbonyl (C=O) groups excluding carboxylic acids is 1. The van der Waals surface area contributed by atoms with Crippen molar-refractivity contribution in [1.29, 1.82) is 0 Å². The highest BCUT2D eigenvalue weighted by Crippen LogP contribution is 2.37. The second-order valence-electron chi connectivity index (χ2n) is 5.17. The third kappa shape index (κ3) is 2.61. The summed E-state index contributed by atoms with van der Waals surface area (Å²) in [6.07, 6.45) is 0. The topological polar surface area (TPSA) is 50.7 Å². The highest BCUT2D eigenvalue weighted by molar-refractivity contribution is 6.10. The molecule has 0 saturated carbocycles. The van der Waals surface area contributed by atoms with Crippen molar-refractivity contribution >= 4 is 11.7 Å². The molecule has 1 amide bonds. The van der Waals surface area contributed by atoms with E-state index in [0.29, 0.717) is 17.0 Å². The van der Waals surface area contributed by atoms with Gasteiger partial charge in [0.05, 0.1) is 0 Å². The van der Waals surface area contributed by atoms with Crippen molar-refractivity contribution in [2.24, 2.45) is 4.99 Å². The average molecular weight is 316 g/mol. The lowest BCUT2D eigenvalue weighted by molar-refractivity contribution is -0.122. The summed E-state index contributed by atoms with van der Waals surface area (Å²) in [5.74, 6) is -0.848. The van der Waals surface area contributed by atoms with Crippen LogP contribution < -0.4 is 5.32 Å². The van der Waals surface area contributed by atoms with Gasteiger partial charge >= 0.3 is 0 Å². The summed E-state index contributed by atoms with van der Waals surface area (Å²) in [7, 11) is 1.49. The Balaban J connectivity index is 2.19. The Kier molecular flexibility index (Phi) is 3.92. The van der Waals surface area contributed by atoms with Gasteiger partial charge in [0, 0.05) is 7.11 Å². The number of rotatable bonds is 4. The van der Waals surface area contributed by atoms with Crippen molar-refractivity contribution < 1.29 is 18.3 Å². The first-order chi connectivity index (χ1) is 11.1. The number of amides is 1. The van der Waals surface area contributed by atoms with Gasteiger partial charge in [-0.3, -0.25) is 4.79 Å². The maximum absolute atomic E-state index is 13.2. The zero-order valence-corrected chi connectivity index (χ0v) is 12.3. The molecule has 0 radical (unpaired) electrons. The van der Waals surface area contributed by atoms with E-state index in [1.165, 1.54) is 55.6 Å². The van der Waals surface area contributed by atoms with Crippen molar-refractivity contribution in [1.82, 2.24) is 5.32 Å². The lowest BCUT2D eigenvalue weighted by atomic mass is 9.83. The molecule has 0 spiro atoms. The molecule has 118 valence electrons. The second-order valence-corrected chi connectivity index (χ2v) is 5.17. The lowest BCUT2D eigenvalue weighted by Gasteiger charge is -2.24. The summed E-state index contributed by atoms with van der Waals surface area (Å²) >= 11 is 0. The third-order valence-corrected chi connectivity index (χ3v) is 3.69. The number of halogens is 2. The Morgan fingerprint density at radius 2 is 1.48 bits per heavy atom. The number of methoxy groups -OCH3 is 1. The molecule has 0 fully saturated rings. The molecule has 6 heteroatoms. The Morgan fingerprint density at radius 3 is 1.91 bits per heavy atom. The van der Waals surface area contributed by atoms with Gasteiger partial charge in [-0.25, -0.2) is 13.8 Å². The van der Waals surface area contributed by atoms with Gasteiger partial charge < -0.3 is 10.1 Å². The number of hydrogen-bond donors (Lipinski definition) is 1. The van der Waals surface area contributed by atoms with Crippen LogP contribution >= 0.6 is 0 Å². The van der Waals surface area contributed by atoms with Crippen LogP contribution in [0.15, 0.2) is 53.5 Å². The molecule has 2 aromatic rings. The lowest BCUT2D eigenvalue weighted by Crippen LogP contribution is -2.39. The maximum atomic E-state index is 13.2. The van der Waals surface area contributed by atoms with Gasteiger partial charge in [-0.05, 0) is 35.4 Å². The van der Waals surface area contributed by atoms with Crippen molar-refractivity contribution in [3.8, 4) is 0 Å². The second kappa shape index (κ2) is 5.89. The van der Waals surface area contributed by atoms with E-state index in [2.05, 4.69) is 10.3 Å². The van der Waals surface area contributed by atoms with Crippen LogP contribution in [0.5, 0.6) is 0 Å². The van der Waals surface area contributed by atoms with Crippen molar-refractivity contribution in [2.75, 3.05) is 13.7 Å². The number of nitrogens with one attached hydrogen (secondary N) is 1. The number of carbonyl (C=O) groups is 1. The number of nitrogens with zero attached hydrogens (tertiary/aromatic N) is 1. The molecular formula is C17H14F2N2O2. The van der Waals surface area contributed by atoms with Crippen LogP contribution in [-0.4, -0.2) is 25.5 Å². The molecule has 1 aliphatic heterocycles. The molecule has 1 aliphatic rings. The van der Waals surface area contributed by atoms with Crippen LogP contribution in [0.2, 0.25) is 0 Å². The minimum absolute atomic E-state index is 0.135. The van der Waals surface area contributed by atoms with E-state index in [4.69, 9.17) is 4.74 Å². The van der Waals surface area contributed by atoms with E-state index >= 15 is 0 Å². The van der Waals surface area contributed by atoms with Gasteiger partial charge in [-0.1, -0.05) is 24.3 Å². The van der Waals surface area contributed by atoms with E-state index in [9.17, 15) is 13.6 Å². The fraction of sp³-hybridized carbons (Fsp3) is 0.176. The van der Waals surface area contributed by atoms with Gasteiger partial charge in [0.15, 0.2) is 5.54 Å². The summed E-state index contributed by atoms with van der Waals surface area (Å²) in [6, 6.07) is 11.0. The molecule has 23 heavy (non-hydrogen) atoms. The molecule has 0 aliphatic carbocycles. The minimum atomic E-state index is -1.38. The van der Waals surface area contributed by atoms with Crippen LogP contribution in [0.4, 0.5) is 8.78 Å². The number of ether oxygens (including phenoxy) is 1. The molecule has 2 aromatic carbocycles.